The first-order valence-corrected chi connectivity index (χ1v) is 4.52. The van der Waals surface area contributed by atoms with Crippen LogP contribution in [0.1, 0.15) is 18.0 Å². The summed E-state index contributed by atoms with van der Waals surface area (Å²) in [6.07, 6.45) is 1.25. The van der Waals surface area contributed by atoms with Crippen LogP contribution in [0.4, 0.5) is 4.39 Å². The van der Waals surface area contributed by atoms with E-state index in [4.69, 9.17) is 4.74 Å². The molecule has 2 heterocycles. The molecule has 1 N–H and O–H groups in total. The highest BCUT2D eigenvalue weighted by Crippen LogP contribution is 2.38. The summed E-state index contributed by atoms with van der Waals surface area (Å²) in [5.74, 6) is 0.655. The van der Waals surface area contributed by atoms with Gasteiger partial charge in [-0.15, -0.1) is 0 Å². The van der Waals surface area contributed by atoms with E-state index in [-0.39, 0.29) is 11.9 Å². The molecule has 2 aliphatic heterocycles. The highest BCUT2D eigenvalue weighted by Gasteiger charge is 2.33. The van der Waals surface area contributed by atoms with E-state index >= 15 is 0 Å². The lowest BCUT2D eigenvalue weighted by molar-refractivity contribution is 0.204. The van der Waals surface area contributed by atoms with Crippen LogP contribution in [0.25, 0.3) is 0 Å². The second-order valence-corrected chi connectivity index (χ2v) is 3.62. The standard InChI is InChI=1S/C10H10FNO/c11-6-1-2-10-8(3-6)9-4-7(13-10)5-12-9/h1-3,7,9,12H,4-5H2/t7-,9-/m0/s1. The Morgan fingerprint density at radius 3 is 3.31 bits per heavy atom. The van der Waals surface area contributed by atoms with Crippen LogP contribution in [0, 0.1) is 5.82 Å². The first-order chi connectivity index (χ1) is 6.33. The number of halogens is 1. The minimum Gasteiger partial charge on any atom is -0.489 e. The summed E-state index contributed by atoms with van der Waals surface area (Å²) in [4.78, 5) is 0. The Hall–Kier alpha value is -1.09. The van der Waals surface area contributed by atoms with E-state index in [2.05, 4.69) is 5.32 Å². The lowest BCUT2D eigenvalue weighted by atomic mass is 10.0. The summed E-state index contributed by atoms with van der Waals surface area (Å²) in [5, 5.41) is 3.31. The molecule has 1 saturated heterocycles. The van der Waals surface area contributed by atoms with Gasteiger partial charge in [0.2, 0.25) is 0 Å². The molecular formula is C10H10FNO. The maximum Gasteiger partial charge on any atom is 0.124 e. The van der Waals surface area contributed by atoms with E-state index in [1.54, 1.807) is 12.1 Å². The van der Waals surface area contributed by atoms with Gasteiger partial charge < -0.3 is 10.1 Å². The zero-order valence-corrected chi connectivity index (χ0v) is 7.09. The fourth-order valence-electron chi connectivity index (χ4n) is 2.11. The van der Waals surface area contributed by atoms with E-state index in [1.165, 1.54) is 6.07 Å². The van der Waals surface area contributed by atoms with Crippen LogP contribution >= 0.6 is 0 Å². The molecule has 1 aromatic rings. The summed E-state index contributed by atoms with van der Waals surface area (Å²) in [6, 6.07) is 5.03. The maximum atomic E-state index is 12.9. The second kappa shape index (κ2) is 2.45. The number of ether oxygens (including phenoxy) is 1. The molecule has 0 unspecified atom stereocenters. The molecular weight excluding hydrogens is 169 g/mol. The Labute approximate surface area is 75.7 Å². The van der Waals surface area contributed by atoms with Crippen molar-refractivity contribution in [2.75, 3.05) is 6.54 Å². The molecule has 0 spiro atoms. The Bertz CT molecular complexity index is 353. The lowest BCUT2D eigenvalue weighted by Crippen LogP contribution is -2.19. The van der Waals surface area contributed by atoms with E-state index in [9.17, 15) is 4.39 Å². The molecule has 1 fully saturated rings. The number of fused-ring (bicyclic) bond motifs is 4. The topological polar surface area (TPSA) is 21.3 Å². The molecule has 2 atom stereocenters. The van der Waals surface area contributed by atoms with Gasteiger partial charge in [0, 0.05) is 24.6 Å². The molecule has 2 nitrogen and oxygen atoms in total. The number of rotatable bonds is 0. The predicted molar refractivity (Wildman–Crippen MR) is 46.2 cm³/mol. The molecule has 0 amide bonds. The normalized spacial score (nSPS) is 29.6. The fraction of sp³-hybridized carbons (Fsp3) is 0.400. The molecule has 13 heavy (non-hydrogen) atoms. The minimum absolute atomic E-state index is 0.186. The third-order valence-electron chi connectivity index (χ3n) is 2.73. The van der Waals surface area contributed by atoms with Gasteiger partial charge in [-0.1, -0.05) is 0 Å². The van der Waals surface area contributed by atoms with Gasteiger partial charge in [0.15, 0.2) is 0 Å². The van der Waals surface area contributed by atoms with Crippen LogP contribution in [0.2, 0.25) is 0 Å². The smallest absolute Gasteiger partial charge is 0.124 e. The predicted octanol–water partition coefficient (Wildman–Crippen LogP) is 1.62. The van der Waals surface area contributed by atoms with Gasteiger partial charge in [-0.3, -0.25) is 0 Å². The minimum atomic E-state index is -0.186. The highest BCUT2D eigenvalue weighted by molar-refractivity contribution is 5.39. The van der Waals surface area contributed by atoms with Crippen molar-refractivity contribution in [3.05, 3.63) is 29.6 Å². The van der Waals surface area contributed by atoms with Crippen LogP contribution in [-0.4, -0.2) is 12.6 Å². The molecule has 3 heteroatoms. The molecule has 1 aromatic carbocycles. The van der Waals surface area contributed by atoms with Crippen molar-refractivity contribution in [3.63, 3.8) is 0 Å². The highest BCUT2D eigenvalue weighted by atomic mass is 19.1. The summed E-state index contributed by atoms with van der Waals surface area (Å²) < 4.78 is 18.6. The number of hydrogen-bond acceptors (Lipinski definition) is 2. The average molecular weight is 179 g/mol. The largest absolute Gasteiger partial charge is 0.489 e. The molecule has 0 aromatic heterocycles. The third-order valence-corrected chi connectivity index (χ3v) is 2.73. The zero-order chi connectivity index (χ0) is 8.84. The van der Waals surface area contributed by atoms with E-state index < -0.39 is 0 Å². The van der Waals surface area contributed by atoms with E-state index in [1.807, 2.05) is 0 Å². The van der Waals surface area contributed by atoms with Crippen molar-refractivity contribution in [2.24, 2.45) is 0 Å². The van der Waals surface area contributed by atoms with Gasteiger partial charge in [-0.25, -0.2) is 4.39 Å². The van der Waals surface area contributed by atoms with Crippen LogP contribution < -0.4 is 10.1 Å². The molecule has 68 valence electrons. The summed E-state index contributed by atoms with van der Waals surface area (Å²) in [7, 11) is 0. The molecule has 2 aliphatic rings. The molecule has 0 saturated carbocycles. The molecule has 0 aliphatic carbocycles. The van der Waals surface area contributed by atoms with Crippen molar-refractivity contribution >= 4 is 0 Å². The fourth-order valence-corrected chi connectivity index (χ4v) is 2.11. The first-order valence-electron chi connectivity index (χ1n) is 4.52. The second-order valence-electron chi connectivity index (χ2n) is 3.62. The van der Waals surface area contributed by atoms with Crippen LogP contribution in [0.15, 0.2) is 18.2 Å². The monoisotopic (exact) mass is 179 g/mol. The maximum absolute atomic E-state index is 12.9. The SMILES string of the molecule is Fc1ccc2c(c1)[C@@H]1C[C@@H](CN1)O2. The van der Waals surface area contributed by atoms with Crippen LogP contribution in [0.5, 0.6) is 5.75 Å². The summed E-state index contributed by atoms with van der Waals surface area (Å²) in [5.41, 5.74) is 0.966. The van der Waals surface area contributed by atoms with Crippen LogP contribution in [-0.2, 0) is 0 Å². The van der Waals surface area contributed by atoms with Crippen molar-refractivity contribution in [1.29, 1.82) is 0 Å². The van der Waals surface area contributed by atoms with Gasteiger partial charge in [0.05, 0.1) is 0 Å². The number of hydrogen-bond donors (Lipinski definition) is 1. The van der Waals surface area contributed by atoms with Gasteiger partial charge in [-0.05, 0) is 18.2 Å². The summed E-state index contributed by atoms with van der Waals surface area (Å²) >= 11 is 0. The Kier molecular flexibility index (Phi) is 1.38. The van der Waals surface area contributed by atoms with E-state index in [0.29, 0.717) is 6.04 Å². The quantitative estimate of drug-likeness (QED) is 0.653. The van der Waals surface area contributed by atoms with Gasteiger partial charge in [-0.2, -0.15) is 0 Å². The average Bonchev–Trinajstić information content (AvgIpc) is 2.51. The van der Waals surface area contributed by atoms with Crippen molar-refractivity contribution in [2.45, 2.75) is 18.6 Å². The zero-order valence-electron chi connectivity index (χ0n) is 7.09. The summed E-state index contributed by atoms with van der Waals surface area (Å²) in [6.45, 7) is 0.876. The van der Waals surface area contributed by atoms with Crippen molar-refractivity contribution in [3.8, 4) is 5.75 Å². The first kappa shape index (κ1) is 7.33. The van der Waals surface area contributed by atoms with Crippen molar-refractivity contribution in [1.82, 2.24) is 5.32 Å². The molecule has 2 bridgehead atoms. The van der Waals surface area contributed by atoms with Crippen molar-refractivity contribution < 1.29 is 9.13 Å². The Morgan fingerprint density at radius 1 is 1.46 bits per heavy atom. The Morgan fingerprint density at radius 2 is 2.38 bits per heavy atom. The molecule has 0 radical (unpaired) electrons. The third kappa shape index (κ3) is 1.04. The lowest BCUT2D eigenvalue weighted by Gasteiger charge is -2.22. The number of benzene rings is 1. The van der Waals surface area contributed by atoms with Gasteiger partial charge in [0.25, 0.3) is 0 Å². The van der Waals surface area contributed by atoms with Gasteiger partial charge >= 0.3 is 0 Å². The van der Waals surface area contributed by atoms with Gasteiger partial charge in [0.1, 0.15) is 17.7 Å². The Balaban J connectivity index is 2.12. The van der Waals surface area contributed by atoms with E-state index in [0.717, 1.165) is 24.3 Å². The number of nitrogens with one attached hydrogen (secondary N) is 1. The van der Waals surface area contributed by atoms with Crippen LogP contribution in [0.3, 0.4) is 0 Å². The molecule has 3 rings (SSSR count).